The van der Waals surface area contributed by atoms with Crippen LogP contribution < -0.4 is 10.1 Å². The molecule has 0 radical (unpaired) electrons. The van der Waals surface area contributed by atoms with E-state index in [2.05, 4.69) is 32.5 Å². The highest BCUT2D eigenvalue weighted by atomic mass is 32.1. The van der Waals surface area contributed by atoms with E-state index in [1.165, 1.54) is 12.1 Å². The minimum atomic E-state index is -4.76. The van der Waals surface area contributed by atoms with Gasteiger partial charge in [-0.1, -0.05) is 6.07 Å². The molecule has 164 valence electrons. The van der Waals surface area contributed by atoms with Crippen LogP contribution in [0.3, 0.4) is 0 Å². The SMILES string of the molecule is CF.[C-]#[N+]c1ccc(NC(=O)[C@](C)(O)COc2ccc(N=C=S)cc2)cc1C(F)(F)F. The number of rotatable bonds is 6. The molecule has 2 N–H and O–H groups in total. The van der Waals surface area contributed by atoms with Gasteiger partial charge in [0, 0.05) is 5.69 Å². The van der Waals surface area contributed by atoms with Crippen molar-refractivity contribution < 1.29 is 32.2 Å². The standard InChI is InChI=1S/C19H14F3N3O3S.CH3F/c1-18(27,10-28-14-6-3-12(4-7-14)24-11-29)17(26)25-13-5-8-16(23-2)15(9-13)19(20,21)22;1-2/h3-9,27H,10H2,1H3,(H,25,26);1H3/t18-;/m1./s1. The number of carbonyl (C=O) groups excluding carboxylic acids is 1. The highest BCUT2D eigenvalue weighted by molar-refractivity contribution is 7.78. The lowest BCUT2D eigenvalue weighted by molar-refractivity contribution is -0.137. The Morgan fingerprint density at radius 2 is 1.87 bits per heavy atom. The molecule has 31 heavy (non-hydrogen) atoms. The second-order valence-electron chi connectivity index (χ2n) is 6.06. The molecule has 2 rings (SSSR count). The minimum absolute atomic E-state index is 0.211. The molecule has 1 amide bonds. The van der Waals surface area contributed by atoms with Crippen molar-refractivity contribution in [2.75, 3.05) is 19.1 Å². The Kier molecular flexibility index (Phi) is 9.27. The molecular formula is C20H17F4N3O3S. The van der Waals surface area contributed by atoms with E-state index in [1.807, 2.05) is 0 Å². The molecule has 0 fully saturated rings. The molecule has 0 saturated carbocycles. The van der Waals surface area contributed by atoms with Crippen molar-refractivity contribution in [3.8, 4) is 5.75 Å². The average molecular weight is 455 g/mol. The summed E-state index contributed by atoms with van der Waals surface area (Å²) in [6.45, 7) is 7.52. The van der Waals surface area contributed by atoms with Crippen LogP contribution in [0, 0.1) is 6.57 Å². The number of aliphatic hydroxyl groups is 1. The number of amides is 1. The Hall–Kier alpha value is -3.32. The molecule has 6 nitrogen and oxygen atoms in total. The Morgan fingerprint density at radius 3 is 2.39 bits per heavy atom. The van der Waals surface area contributed by atoms with E-state index in [0.717, 1.165) is 19.1 Å². The van der Waals surface area contributed by atoms with E-state index in [-0.39, 0.29) is 5.69 Å². The van der Waals surface area contributed by atoms with Crippen molar-refractivity contribution in [2.24, 2.45) is 4.99 Å². The quantitative estimate of drug-likeness (QED) is 0.267. The zero-order valence-corrected chi connectivity index (χ0v) is 17.1. The second-order valence-corrected chi connectivity index (χ2v) is 6.24. The summed E-state index contributed by atoms with van der Waals surface area (Å²) in [5.41, 5.74) is -3.48. The molecular weight excluding hydrogens is 438 g/mol. The summed E-state index contributed by atoms with van der Waals surface area (Å²) in [6, 6.07) is 8.98. The van der Waals surface area contributed by atoms with Gasteiger partial charge in [-0.2, -0.15) is 18.2 Å². The highest BCUT2D eigenvalue weighted by Crippen LogP contribution is 2.38. The number of nitrogens with one attached hydrogen (secondary N) is 1. The van der Waals surface area contributed by atoms with Gasteiger partial charge in [0.2, 0.25) is 0 Å². The molecule has 0 saturated heterocycles. The smallest absolute Gasteiger partial charge is 0.407 e. The van der Waals surface area contributed by atoms with Crippen LogP contribution in [0.2, 0.25) is 0 Å². The third kappa shape index (κ3) is 7.46. The second kappa shape index (κ2) is 11.2. The van der Waals surface area contributed by atoms with Gasteiger partial charge in [0.05, 0.1) is 30.2 Å². The Balaban J connectivity index is 0.00000233. The number of hydrogen-bond donors (Lipinski definition) is 2. The topological polar surface area (TPSA) is 75.3 Å². The number of nitrogens with zero attached hydrogens (tertiary/aromatic N) is 2. The van der Waals surface area contributed by atoms with Gasteiger partial charge in [0.1, 0.15) is 12.4 Å². The van der Waals surface area contributed by atoms with Gasteiger partial charge in [0.15, 0.2) is 11.3 Å². The summed E-state index contributed by atoms with van der Waals surface area (Å²) in [7, 11) is 0.500. The number of halogens is 4. The number of hydrogen-bond acceptors (Lipinski definition) is 5. The van der Waals surface area contributed by atoms with Gasteiger partial charge in [-0.3, -0.25) is 9.18 Å². The number of ether oxygens (including phenoxy) is 1. The maximum absolute atomic E-state index is 13.0. The summed E-state index contributed by atoms with van der Waals surface area (Å²) >= 11 is 4.49. The molecule has 0 aliphatic heterocycles. The van der Waals surface area contributed by atoms with Gasteiger partial charge in [-0.15, -0.1) is 0 Å². The van der Waals surface area contributed by atoms with Gasteiger partial charge in [-0.25, -0.2) is 4.85 Å². The monoisotopic (exact) mass is 455 g/mol. The van der Waals surface area contributed by atoms with Crippen LogP contribution in [0.15, 0.2) is 47.5 Å². The predicted molar refractivity (Wildman–Crippen MR) is 111 cm³/mol. The van der Waals surface area contributed by atoms with Gasteiger partial charge < -0.3 is 15.2 Å². The van der Waals surface area contributed by atoms with Crippen molar-refractivity contribution >= 4 is 40.3 Å². The fourth-order valence-electron chi connectivity index (χ4n) is 2.16. The first-order valence-electron chi connectivity index (χ1n) is 8.38. The largest absolute Gasteiger partial charge is 0.490 e. The number of anilines is 1. The van der Waals surface area contributed by atoms with E-state index in [1.54, 1.807) is 12.1 Å². The van der Waals surface area contributed by atoms with Gasteiger partial charge in [-0.05, 0) is 55.5 Å². The fourth-order valence-corrected chi connectivity index (χ4v) is 2.27. The summed E-state index contributed by atoms with van der Waals surface area (Å²) in [4.78, 5) is 18.9. The maximum atomic E-state index is 13.0. The maximum Gasteiger partial charge on any atom is 0.407 e. The minimum Gasteiger partial charge on any atom is -0.490 e. The van der Waals surface area contributed by atoms with Crippen LogP contribution in [0.4, 0.5) is 34.6 Å². The fraction of sp³-hybridized carbons (Fsp3) is 0.250. The lowest BCUT2D eigenvalue weighted by Gasteiger charge is -2.23. The lowest BCUT2D eigenvalue weighted by Crippen LogP contribution is -2.45. The average Bonchev–Trinajstić information content (AvgIpc) is 2.74. The molecule has 0 heterocycles. The highest BCUT2D eigenvalue weighted by Gasteiger charge is 2.35. The first-order chi connectivity index (χ1) is 14.6. The molecule has 0 aromatic heterocycles. The lowest BCUT2D eigenvalue weighted by atomic mass is 10.1. The van der Waals surface area contributed by atoms with Gasteiger partial charge in [0.25, 0.3) is 5.91 Å². The van der Waals surface area contributed by atoms with Gasteiger partial charge >= 0.3 is 6.18 Å². The summed E-state index contributed by atoms with van der Waals surface area (Å²) < 4.78 is 53.9. The van der Waals surface area contributed by atoms with Crippen LogP contribution >= 0.6 is 12.2 Å². The third-order valence-corrected chi connectivity index (χ3v) is 3.79. The van der Waals surface area contributed by atoms with E-state index in [9.17, 15) is 27.5 Å². The predicted octanol–water partition coefficient (Wildman–Crippen LogP) is 5.34. The van der Waals surface area contributed by atoms with E-state index in [0.29, 0.717) is 24.7 Å². The van der Waals surface area contributed by atoms with E-state index >= 15 is 0 Å². The van der Waals surface area contributed by atoms with Crippen LogP contribution in [-0.2, 0) is 11.0 Å². The molecule has 0 aliphatic rings. The summed E-state index contributed by atoms with van der Waals surface area (Å²) in [5, 5.41) is 14.7. The number of isothiocyanates is 1. The number of carbonyl (C=O) groups is 1. The van der Waals surface area contributed by atoms with Crippen molar-refractivity contribution in [3.05, 3.63) is 59.4 Å². The number of aliphatic imine (C=N–C) groups is 1. The van der Waals surface area contributed by atoms with E-state index < -0.39 is 35.5 Å². The van der Waals surface area contributed by atoms with Crippen molar-refractivity contribution in [2.45, 2.75) is 18.7 Å². The molecule has 1 atom stereocenters. The Labute approximate surface area is 181 Å². The van der Waals surface area contributed by atoms with Crippen LogP contribution in [0.1, 0.15) is 12.5 Å². The van der Waals surface area contributed by atoms with Crippen LogP contribution in [-0.4, -0.2) is 35.6 Å². The van der Waals surface area contributed by atoms with Crippen molar-refractivity contribution in [1.29, 1.82) is 0 Å². The number of thiocarbonyl (C=S) groups is 1. The molecule has 2 aromatic rings. The first kappa shape index (κ1) is 25.7. The summed E-state index contributed by atoms with van der Waals surface area (Å²) in [5.74, 6) is -0.634. The van der Waals surface area contributed by atoms with E-state index in [4.69, 9.17) is 11.3 Å². The van der Waals surface area contributed by atoms with Crippen LogP contribution in [0.25, 0.3) is 4.85 Å². The molecule has 2 aromatic carbocycles. The third-order valence-electron chi connectivity index (χ3n) is 3.70. The Morgan fingerprint density at radius 1 is 1.26 bits per heavy atom. The molecule has 11 heteroatoms. The number of benzene rings is 2. The normalized spacial score (nSPS) is 12.2. The van der Waals surface area contributed by atoms with Crippen LogP contribution in [0.5, 0.6) is 5.75 Å². The first-order valence-corrected chi connectivity index (χ1v) is 8.79. The van der Waals surface area contributed by atoms with Crippen molar-refractivity contribution in [3.63, 3.8) is 0 Å². The number of alkyl halides is 4. The molecule has 0 spiro atoms. The van der Waals surface area contributed by atoms with Crippen molar-refractivity contribution in [1.82, 2.24) is 0 Å². The molecule has 0 unspecified atom stereocenters. The summed E-state index contributed by atoms with van der Waals surface area (Å²) in [6.07, 6.45) is -4.76. The molecule has 0 bridgehead atoms. The zero-order valence-electron chi connectivity index (χ0n) is 16.3. The zero-order chi connectivity index (χ0) is 23.7. The Bertz CT molecular complexity index is 996. The molecule has 0 aliphatic carbocycles.